The number of amides is 2. The maximum Gasteiger partial charge on any atom is 0.573 e. The van der Waals surface area contributed by atoms with E-state index in [1.165, 1.54) is 48.5 Å². The molecule has 2 amide bonds. The first-order valence-corrected chi connectivity index (χ1v) is 17.2. The zero-order valence-electron chi connectivity index (χ0n) is 26.5. The van der Waals surface area contributed by atoms with Gasteiger partial charge in [-0.25, -0.2) is 18.2 Å². The summed E-state index contributed by atoms with van der Waals surface area (Å²) in [7, 11) is -1.45. The smallest absolute Gasteiger partial charge is 0.481 e. The number of fused-ring (bicyclic) bond motifs is 1. The fraction of sp³-hybridized carbons (Fsp3) is 0.406. The Labute approximate surface area is 285 Å². The molecule has 1 aromatic heterocycles. The highest BCUT2D eigenvalue weighted by Crippen LogP contribution is 2.52. The molecule has 2 fully saturated rings. The summed E-state index contributed by atoms with van der Waals surface area (Å²) in [4.78, 5) is 38.6. The Morgan fingerprint density at radius 2 is 1.65 bits per heavy atom. The molecule has 17 heteroatoms. The van der Waals surface area contributed by atoms with Crippen molar-refractivity contribution in [1.29, 1.82) is 0 Å². The number of likely N-dealkylation sites (tertiary alicyclic amines) is 1. The predicted molar refractivity (Wildman–Crippen MR) is 171 cm³/mol. The summed E-state index contributed by atoms with van der Waals surface area (Å²) in [6, 6.07) is 10.6. The van der Waals surface area contributed by atoms with Crippen molar-refractivity contribution < 1.29 is 45.4 Å². The molecule has 3 aromatic rings. The number of hydrogen-bond acceptors (Lipinski definition) is 10. The second kappa shape index (κ2) is 13.3. The number of anilines is 1. The monoisotopic (exact) mass is 723 g/mol. The van der Waals surface area contributed by atoms with E-state index >= 15 is 0 Å². The van der Waals surface area contributed by atoms with Gasteiger partial charge in [-0.3, -0.25) is 9.69 Å². The lowest BCUT2D eigenvalue weighted by molar-refractivity contribution is -0.274. The Morgan fingerprint density at radius 3 is 2.29 bits per heavy atom. The van der Waals surface area contributed by atoms with Crippen LogP contribution < -0.4 is 13.8 Å². The number of methoxy groups -OCH3 is 1. The third-order valence-electron chi connectivity index (χ3n) is 9.00. The molecule has 0 saturated carbocycles. The molecule has 0 radical (unpaired) electrons. The highest BCUT2D eigenvalue weighted by Gasteiger charge is 2.61. The van der Waals surface area contributed by atoms with Crippen molar-refractivity contribution in [3.63, 3.8) is 0 Å². The summed E-state index contributed by atoms with van der Waals surface area (Å²) < 4.78 is 82.6. The van der Waals surface area contributed by atoms with Gasteiger partial charge in [-0.2, -0.15) is 4.31 Å². The van der Waals surface area contributed by atoms with E-state index in [9.17, 15) is 31.2 Å². The van der Waals surface area contributed by atoms with Crippen molar-refractivity contribution >= 4 is 39.3 Å². The standard InChI is InChI=1S/C32H33ClF3N5O7S/c1-38-14-11-22(12-15-38)39-16-18-40(19-17-39)30(43)48-31(25-4-3-13-37-28(25)46-2)26-20-21(33)5-10-27(26)41(29(31)42)49(44,45)24-8-6-23(7-9-24)47-32(34,35)36/h3-10,13,20,22H,11-12,14-19H2,1-2H3. The van der Waals surface area contributed by atoms with E-state index in [1.807, 2.05) is 0 Å². The minimum atomic E-state index is -5.00. The van der Waals surface area contributed by atoms with Gasteiger partial charge < -0.3 is 24.0 Å². The average molecular weight is 724 g/mol. The molecule has 2 saturated heterocycles. The Hall–Kier alpha value is -4.12. The molecule has 1 atom stereocenters. The SMILES string of the molecule is COc1ncccc1C1(OC(=O)N2CCN(C3CCN(C)CC3)CC2)C(=O)N(S(=O)(=O)c2ccc(OC(F)(F)F)cc2)c2ccc(Cl)cc21. The van der Waals surface area contributed by atoms with Crippen molar-refractivity contribution in [3.05, 3.63) is 76.9 Å². The number of carbonyl (C=O) groups is 2. The van der Waals surface area contributed by atoms with Crippen LogP contribution in [-0.4, -0.2) is 106 Å². The van der Waals surface area contributed by atoms with E-state index in [1.54, 1.807) is 0 Å². The Kier molecular flexibility index (Phi) is 9.43. The van der Waals surface area contributed by atoms with Gasteiger partial charge in [0.1, 0.15) is 5.75 Å². The van der Waals surface area contributed by atoms with Crippen molar-refractivity contribution in [3.8, 4) is 11.6 Å². The molecule has 12 nitrogen and oxygen atoms in total. The Bertz CT molecular complexity index is 1830. The number of aromatic nitrogens is 1. The highest BCUT2D eigenvalue weighted by atomic mass is 35.5. The summed E-state index contributed by atoms with van der Waals surface area (Å²) >= 11 is 6.40. The number of hydrogen-bond donors (Lipinski definition) is 0. The minimum absolute atomic E-state index is 0.0593. The maximum atomic E-state index is 14.8. The van der Waals surface area contributed by atoms with Crippen LogP contribution >= 0.6 is 11.6 Å². The van der Waals surface area contributed by atoms with Crippen molar-refractivity contribution in [1.82, 2.24) is 19.7 Å². The number of piperidine rings is 1. The van der Waals surface area contributed by atoms with Gasteiger partial charge in [-0.05, 0) is 87.6 Å². The number of carbonyl (C=O) groups excluding carboxylic acids is 2. The molecule has 49 heavy (non-hydrogen) atoms. The van der Waals surface area contributed by atoms with E-state index in [0.717, 1.165) is 50.2 Å². The number of ether oxygens (including phenoxy) is 3. The second-order valence-electron chi connectivity index (χ2n) is 11.9. The van der Waals surface area contributed by atoms with E-state index in [2.05, 4.69) is 26.6 Å². The molecule has 0 spiro atoms. The highest BCUT2D eigenvalue weighted by molar-refractivity contribution is 7.93. The third-order valence-corrected chi connectivity index (χ3v) is 10.9. The van der Waals surface area contributed by atoms with E-state index in [-0.39, 0.29) is 27.7 Å². The van der Waals surface area contributed by atoms with Crippen LogP contribution in [0.1, 0.15) is 24.0 Å². The van der Waals surface area contributed by atoms with Crippen molar-refractivity contribution in [2.45, 2.75) is 35.7 Å². The number of alkyl halides is 3. The number of sulfonamides is 1. The van der Waals surface area contributed by atoms with Gasteiger partial charge in [0.15, 0.2) is 0 Å². The summed E-state index contributed by atoms with van der Waals surface area (Å²) in [6.45, 7) is 3.73. The quantitative estimate of drug-likeness (QED) is 0.345. The summed E-state index contributed by atoms with van der Waals surface area (Å²) in [6.07, 6.45) is -2.47. The van der Waals surface area contributed by atoms with Crippen LogP contribution in [0.15, 0.2) is 65.7 Å². The third kappa shape index (κ3) is 6.61. The molecule has 4 heterocycles. The van der Waals surface area contributed by atoms with Crippen LogP contribution in [0.2, 0.25) is 5.02 Å². The van der Waals surface area contributed by atoms with Gasteiger partial charge >= 0.3 is 12.5 Å². The molecule has 3 aliphatic rings. The molecule has 0 bridgehead atoms. The first-order chi connectivity index (χ1) is 23.2. The van der Waals surface area contributed by atoms with Gasteiger partial charge in [-0.15, -0.1) is 13.2 Å². The maximum absolute atomic E-state index is 14.8. The fourth-order valence-electron chi connectivity index (χ4n) is 6.55. The molecular weight excluding hydrogens is 691 g/mol. The van der Waals surface area contributed by atoms with Crippen molar-refractivity contribution in [2.75, 3.05) is 57.7 Å². The average Bonchev–Trinajstić information content (AvgIpc) is 3.32. The molecule has 6 rings (SSSR count). The zero-order valence-corrected chi connectivity index (χ0v) is 28.1. The predicted octanol–water partition coefficient (Wildman–Crippen LogP) is 4.47. The summed E-state index contributed by atoms with van der Waals surface area (Å²) in [5.41, 5.74) is -2.75. The summed E-state index contributed by atoms with van der Waals surface area (Å²) in [5, 5.41) is 0.106. The van der Waals surface area contributed by atoms with Gasteiger partial charge in [0.05, 0.1) is 23.3 Å². The number of benzene rings is 2. The number of rotatable bonds is 7. The zero-order chi connectivity index (χ0) is 35.1. The molecule has 0 aliphatic carbocycles. The van der Waals surface area contributed by atoms with Crippen LogP contribution in [0.4, 0.5) is 23.7 Å². The van der Waals surface area contributed by atoms with Gasteiger partial charge in [0.25, 0.3) is 21.5 Å². The van der Waals surface area contributed by atoms with E-state index < -0.39 is 44.6 Å². The first-order valence-electron chi connectivity index (χ1n) is 15.4. The number of pyridine rings is 1. The summed E-state index contributed by atoms with van der Waals surface area (Å²) in [5.74, 6) is -1.98. The van der Waals surface area contributed by atoms with Crippen LogP contribution in [0, 0.1) is 0 Å². The normalized spacial score (nSPS) is 21.1. The van der Waals surface area contributed by atoms with Crippen LogP contribution in [-0.2, 0) is 25.2 Å². The van der Waals surface area contributed by atoms with Crippen LogP contribution in [0.25, 0.3) is 0 Å². The van der Waals surface area contributed by atoms with Crippen molar-refractivity contribution in [2.24, 2.45) is 0 Å². The lowest BCUT2D eigenvalue weighted by Gasteiger charge is -2.42. The molecular formula is C32H33ClF3N5O7S. The topological polar surface area (TPSA) is 122 Å². The molecule has 3 aliphatic heterocycles. The lowest BCUT2D eigenvalue weighted by atomic mass is 9.87. The molecule has 262 valence electrons. The van der Waals surface area contributed by atoms with E-state index in [0.29, 0.717) is 36.5 Å². The number of nitrogens with zero attached hydrogens (tertiary/aromatic N) is 5. The molecule has 2 aromatic carbocycles. The molecule has 1 unspecified atom stereocenters. The van der Waals surface area contributed by atoms with Crippen LogP contribution in [0.3, 0.4) is 0 Å². The lowest BCUT2D eigenvalue weighted by Crippen LogP contribution is -2.55. The molecule has 0 N–H and O–H groups in total. The van der Waals surface area contributed by atoms with Crippen LogP contribution in [0.5, 0.6) is 11.6 Å². The Balaban J connectivity index is 1.38. The van der Waals surface area contributed by atoms with Gasteiger partial charge in [0, 0.05) is 49.0 Å². The fourth-order valence-corrected chi connectivity index (χ4v) is 8.18. The minimum Gasteiger partial charge on any atom is -0.481 e. The van der Waals surface area contributed by atoms with Gasteiger partial charge in [-0.1, -0.05) is 11.6 Å². The first kappa shape index (κ1) is 34.7. The second-order valence-corrected chi connectivity index (χ2v) is 14.1. The van der Waals surface area contributed by atoms with E-state index in [4.69, 9.17) is 21.1 Å². The number of halogens is 4. The Morgan fingerprint density at radius 1 is 0.980 bits per heavy atom. The van der Waals surface area contributed by atoms with Gasteiger partial charge in [0.2, 0.25) is 5.88 Å². The largest absolute Gasteiger partial charge is 0.573 e. The number of piperazine rings is 1.